The highest BCUT2D eigenvalue weighted by Gasteiger charge is 2.71. The second-order valence-corrected chi connectivity index (χ2v) is 11.6. The van der Waals surface area contributed by atoms with E-state index in [4.69, 9.17) is 4.74 Å². The molecule has 7 nitrogen and oxygen atoms in total. The van der Waals surface area contributed by atoms with Crippen LogP contribution in [0.5, 0.6) is 0 Å². The number of cyclic esters (lactones) is 1. The third-order valence-corrected chi connectivity index (χ3v) is 8.71. The number of ether oxygens (including phenoxy) is 1. The standard InChI is InChI=1S/C24H34N2O5S/c1-23(2,3)26-13-9-11-24-18(17-16(32-24)10-5-4-8-15-31-22(17)30)20(28)25(12-6-7-14-27)19(24)21(26)29/h5,9-11,16-19,27H,4,6-8,12-15H2,1-3H3/b10-5-/t16-,17+,18-,19?,24-/m0/s1. The number of amides is 2. The minimum Gasteiger partial charge on any atom is -0.465 e. The molecular weight excluding hydrogens is 428 g/mol. The van der Waals surface area contributed by atoms with Gasteiger partial charge in [0, 0.05) is 30.5 Å². The maximum atomic E-state index is 14.0. The number of unbranched alkanes of at least 4 members (excludes halogenated alkanes) is 1. The van der Waals surface area contributed by atoms with Gasteiger partial charge in [0.1, 0.15) is 6.04 Å². The lowest BCUT2D eigenvalue weighted by atomic mass is 9.78. The summed E-state index contributed by atoms with van der Waals surface area (Å²) in [7, 11) is 0. The van der Waals surface area contributed by atoms with Crippen LogP contribution in [0.3, 0.4) is 0 Å². The first-order chi connectivity index (χ1) is 15.2. The van der Waals surface area contributed by atoms with E-state index in [0.29, 0.717) is 32.5 Å². The number of esters is 1. The van der Waals surface area contributed by atoms with E-state index in [-0.39, 0.29) is 29.6 Å². The van der Waals surface area contributed by atoms with Gasteiger partial charge in [-0.3, -0.25) is 14.4 Å². The smallest absolute Gasteiger partial charge is 0.311 e. The number of hydrogen-bond acceptors (Lipinski definition) is 6. The van der Waals surface area contributed by atoms with Crippen molar-refractivity contribution >= 4 is 29.5 Å². The number of hydrogen-bond donors (Lipinski definition) is 1. The van der Waals surface area contributed by atoms with Gasteiger partial charge in [-0.1, -0.05) is 24.3 Å². The van der Waals surface area contributed by atoms with Crippen LogP contribution in [0.15, 0.2) is 24.3 Å². The van der Waals surface area contributed by atoms with Crippen LogP contribution in [0.4, 0.5) is 0 Å². The van der Waals surface area contributed by atoms with Crippen LogP contribution in [-0.4, -0.2) is 80.6 Å². The lowest BCUT2D eigenvalue weighted by Gasteiger charge is -2.40. The first-order valence-electron chi connectivity index (χ1n) is 11.6. The van der Waals surface area contributed by atoms with E-state index in [1.165, 1.54) is 0 Å². The zero-order valence-corrected chi connectivity index (χ0v) is 20.0. The Morgan fingerprint density at radius 2 is 1.97 bits per heavy atom. The summed E-state index contributed by atoms with van der Waals surface area (Å²) in [6, 6.07) is -0.668. The van der Waals surface area contributed by atoms with E-state index >= 15 is 0 Å². The van der Waals surface area contributed by atoms with Gasteiger partial charge in [0.15, 0.2) is 0 Å². The highest BCUT2D eigenvalue weighted by atomic mass is 32.2. The summed E-state index contributed by atoms with van der Waals surface area (Å²) in [6.45, 7) is 7.26. The van der Waals surface area contributed by atoms with E-state index in [9.17, 15) is 19.5 Å². The Balaban J connectivity index is 1.80. The van der Waals surface area contributed by atoms with E-state index in [0.717, 1.165) is 12.8 Å². The van der Waals surface area contributed by atoms with E-state index < -0.39 is 28.2 Å². The molecule has 176 valence electrons. The molecule has 32 heavy (non-hydrogen) atoms. The van der Waals surface area contributed by atoms with E-state index in [1.54, 1.807) is 16.7 Å². The molecule has 1 spiro atoms. The molecule has 4 aliphatic heterocycles. The zero-order valence-electron chi connectivity index (χ0n) is 19.2. The number of nitrogens with zero attached hydrogens (tertiary/aromatic N) is 2. The molecule has 2 saturated heterocycles. The summed E-state index contributed by atoms with van der Waals surface area (Å²) in [5.74, 6) is -1.79. The Morgan fingerprint density at radius 1 is 1.19 bits per heavy atom. The van der Waals surface area contributed by atoms with Gasteiger partial charge < -0.3 is 19.6 Å². The van der Waals surface area contributed by atoms with Crippen molar-refractivity contribution in [2.75, 3.05) is 26.3 Å². The molecule has 2 amide bonds. The maximum absolute atomic E-state index is 14.0. The Hall–Kier alpha value is -1.80. The van der Waals surface area contributed by atoms with Crippen LogP contribution in [0, 0.1) is 11.8 Å². The van der Waals surface area contributed by atoms with Gasteiger partial charge in [0.05, 0.1) is 23.2 Å². The molecule has 4 aliphatic rings. The Bertz CT molecular complexity index is 835. The first kappa shape index (κ1) is 23.4. The summed E-state index contributed by atoms with van der Waals surface area (Å²) in [6.07, 6.45) is 10.9. The number of carbonyl (C=O) groups is 3. The predicted octanol–water partition coefficient (Wildman–Crippen LogP) is 2.15. The van der Waals surface area contributed by atoms with Crippen molar-refractivity contribution in [2.45, 2.75) is 68.0 Å². The minimum absolute atomic E-state index is 0.0415. The van der Waals surface area contributed by atoms with Crippen LogP contribution < -0.4 is 0 Å². The van der Waals surface area contributed by atoms with Crippen LogP contribution in [0.1, 0.15) is 46.5 Å². The molecule has 2 fully saturated rings. The number of aliphatic hydroxyl groups excluding tert-OH is 1. The van der Waals surface area contributed by atoms with Crippen LogP contribution in [0.2, 0.25) is 0 Å². The molecule has 4 rings (SSSR count). The van der Waals surface area contributed by atoms with E-state index in [2.05, 4.69) is 6.08 Å². The molecule has 0 aromatic heterocycles. The zero-order chi connectivity index (χ0) is 23.1. The maximum Gasteiger partial charge on any atom is 0.311 e. The molecule has 0 aromatic rings. The number of carbonyl (C=O) groups excluding carboxylic acids is 3. The summed E-state index contributed by atoms with van der Waals surface area (Å²) in [5.41, 5.74) is -0.396. The van der Waals surface area contributed by atoms with Crippen LogP contribution in [0.25, 0.3) is 0 Å². The molecule has 0 bridgehead atoms. The number of fused-ring (bicyclic) bond motifs is 2. The SMILES string of the molecule is CC(C)(C)N1CC=C[C@]23S[C@H]4/C=C\CCCOC(=O)[C@H]4[C@H]2C(=O)N(CCCCO)C3C1=O. The Kier molecular flexibility index (Phi) is 6.47. The molecule has 0 radical (unpaired) electrons. The van der Waals surface area contributed by atoms with Gasteiger partial charge >= 0.3 is 5.97 Å². The van der Waals surface area contributed by atoms with Gasteiger partial charge in [0.2, 0.25) is 11.8 Å². The van der Waals surface area contributed by atoms with Gasteiger partial charge in [-0.15, -0.1) is 11.8 Å². The molecule has 0 saturated carbocycles. The quantitative estimate of drug-likeness (QED) is 0.391. The molecule has 4 heterocycles. The molecular formula is C24H34N2O5S. The van der Waals surface area contributed by atoms with Gasteiger partial charge in [0.25, 0.3) is 0 Å². The van der Waals surface area contributed by atoms with Gasteiger partial charge in [-0.25, -0.2) is 0 Å². The monoisotopic (exact) mass is 462 g/mol. The lowest BCUT2D eigenvalue weighted by molar-refractivity contribution is -0.153. The van der Waals surface area contributed by atoms with Crippen molar-refractivity contribution in [3.63, 3.8) is 0 Å². The summed E-state index contributed by atoms with van der Waals surface area (Å²) >= 11 is 1.57. The first-order valence-corrected chi connectivity index (χ1v) is 12.5. The van der Waals surface area contributed by atoms with Crippen molar-refractivity contribution in [2.24, 2.45) is 11.8 Å². The molecule has 8 heteroatoms. The number of aliphatic hydroxyl groups is 1. The van der Waals surface area contributed by atoms with Crippen LogP contribution >= 0.6 is 11.8 Å². The number of likely N-dealkylation sites (tertiary alicyclic amines) is 1. The molecule has 5 atom stereocenters. The topological polar surface area (TPSA) is 87.2 Å². The lowest BCUT2D eigenvalue weighted by Crippen LogP contribution is -2.57. The molecule has 1 unspecified atom stereocenters. The number of thioether (sulfide) groups is 1. The average molecular weight is 463 g/mol. The second kappa shape index (κ2) is 8.86. The molecule has 0 aromatic carbocycles. The highest BCUT2D eigenvalue weighted by Crippen LogP contribution is 2.60. The van der Waals surface area contributed by atoms with Crippen molar-refractivity contribution < 1.29 is 24.2 Å². The summed E-state index contributed by atoms with van der Waals surface area (Å²) < 4.78 is 4.76. The fraction of sp³-hybridized carbons (Fsp3) is 0.708. The van der Waals surface area contributed by atoms with Gasteiger partial charge in [-0.2, -0.15) is 0 Å². The largest absolute Gasteiger partial charge is 0.465 e. The summed E-state index contributed by atoms with van der Waals surface area (Å²) in [4.78, 5) is 44.5. The van der Waals surface area contributed by atoms with Crippen molar-refractivity contribution in [1.82, 2.24) is 9.80 Å². The van der Waals surface area contributed by atoms with Crippen LogP contribution in [-0.2, 0) is 19.1 Å². The fourth-order valence-corrected chi connectivity index (χ4v) is 7.49. The molecule has 1 N–H and O–H groups in total. The predicted molar refractivity (Wildman–Crippen MR) is 123 cm³/mol. The normalized spacial score (nSPS) is 35.9. The Morgan fingerprint density at radius 3 is 2.69 bits per heavy atom. The third-order valence-electron chi connectivity index (χ3n) is 6.97. The van der Waals surface area contributed by atoms with E-state index in [1.807, 2.05) is 43.9 Å². The second-order valence-electron chi connectivity index (χ2n) is 10.1. The van der Waals surface area contributed by atoms with Crippen molar-refractivity contribution in [1.29, 1.82) is 0 Å². The number of allylic oxidation sites excluding steroid dienone is 1. The van der Waals surface area contributed by atoms with Crippen molar-refractivity contribution in [3.05, 3.63) is 24.3 Å². The third kappa shape index (κ3) is 3.79. The van der Waals surface area contributed by atoms with Crippen molar-refractivity contribution in [3.8, 4) is 0 Å². The minimum atomic E-state index is -0.800. The average Bonchev–Trinajstić information content (AvgIpc) is 3.12. The number of rotatable bonds is 4. The fourth-order valence-electron chi connectivity index (χ4n) is 5.49. The summed E-state index contributed by atoms with van der Waals surface area (Å²) in [5, 5.41) is 9.06. The highest BCUT2D eigenvalue weighted by molar-refractivity contribution is 8.02. The van der Waals surface area contributed by atoms with Gasteiger partial charge in [-0.05, 0) is 46.5 Å². The molecule has 0 aliphatic carbocycles. The Labute approximate surface area is 194 Å².